The van der Waals surface area contributed by atoms with Crippen molar-refractivity contribution in [3.8, 4) is 0 Å². The monoisotopic (exact) mass is 711 g/mol. The molecule has 7 rings (SSSR count). The summed E-state index contributed by atoms with van der Waals surface area (Å²) in [4.78, 5) is 26.8. The van der Waals surface area contributed by atoms with Crippen molar-refractivity contribution in [2.24, 2.45) is 25.9 Å². The van der Waals surface area contributed by atoms with E-state index in [4.69, 9.17) is 21.6 Å². The zero-order valence-electron chi connectivity index (χ0n) is 27.5. The van der Waals surface area contributed by atoms with Gasteiger partial charge in [0.1, 0.15) is 11.9 Å². The highest BCUT2D eigenvalue weighted by molar-refractivity contribution is 7.12. The number of nitrogens with one attached hydrogen (secondary N) is 3. The molecule has 11 heteroatoms. The zero-order chi connectivity index (χ0) is 33.4. The lowest BCUT2D eigenvalue weighted by molar-refractivity contribution is 0.534. The van der Waals surface area contributed by atoms with Gasteiger partial charge in [-0.1, -0.05) is 42.8 Å². The van der Waals surface area contributed by atoms with E-state index in [1.54, 1.807) is 23.9 Å². The number of aliphatic imine (C=N–C) groups is 4. The van der Waals surface area contributed by atoms with Gasteiger partial charge in [0, 0.05) is 65.8 Å². The fourth-order valence-corrected chi connectivity index (χ4v) is 9.68. The summed E-state index contributed by atoms with van der Waals surface area (Å²) in [6, 6.07) is 15.5. The number of hydrogen-bond donors (Lipinski definition) is 3. The van der Waals surface area contributed by atoms with Gasteiger partial charge >= 0.3 is 0 Å². The molecule has 1 aromatic carbocycles. The molecule has 7 nitrogen and oxygen atoms in total. The third-order valence-electron chi connectivity index (χ3n) is 8.82. The summed E-state index contributed by atoms with van der Waals surface area (Å²) in [5.41, 5.74) is 6.05. The lowest BCUT2D eigenvalue weighted by Gasteiger charge is -2.27. The summed E-state index contributed by atoms with van der Waals surface area (Å²) in [5.74, 6) is 1.88. The Kier molecular flexibility index (Phi) is 9.51. The number of rotatable bonds is 8. The largest absolute Gasteiger partial charge is 0.352 e. The van der Waals surface area contributed by atoms with Crippen LogP contribution in [0.15, 0.2) is 85.9 Å². The molecular formula is C37H38ClN7S3. The van der Waals surface area contributed by atoms with Crippen molar-refractivity contribution in [3.05, 3.63) is 123 Å². The standard InChI is InChI=1S/C37H38ClN7S3/c1-20-16-41-37(45-34(20)30-12-21(2)46-23(30)4)42-17-28-15-29(22(3)48-28)33-10-11-40-36(44-33)26-8-6-25(7-9-26)13-27-14-31(24(5)47-27)35-32(38)18-39-19-43-35/h6-12,14-16,18-20,33-35H,13,17H2,1-5H3,(H,39,43)(H,40,44)(H,42,45). The molecule has 6 heterocycles. The molecule has 0 radical (unpaired) electrons. The minimum atomic E-state index is -0.127. The van der Waals surface area contributed by atoms with Gasteiger partial charge in [0.2, 0.25) is 5.96 Å². The summed E-state index contributed by atoms with van der Waals surface area (Å²) >= 11 is 11.9. The van der Waals surface area contributed by atoms with Crippen LogP contribution in [0, 0.1) is 33.6 Å². The molecule has 0 amide bonds. The number of hydrogen-bond acceptors (Lipinski definition) is 8. The molecule has 0 spiro atoms. The normalized spacial score (nSPS) is 22.7. The van der Waals surface area contributed by atoms with Crippen LogP contribution in [0.4, 0.5) is 0 Å². The van der Waals surface area contributed by atoms with E-state index in [2.05, 4.69) is 109 Å². The summed E-state index contributed by atoms with van der Waals surface area (Å²) in [5, 5.41) is 10.6. The molecule has 3 aliphatic rings. The lowest BCUT2D eigenvalue weighted by Crippen LogP contribution is -2.36. The van der Waals surface area contributed by atoms with Crippen LogP contribution in [0.1, 0.15) is 82.1 Å². The molecule has 0 saturated heterocycles. The van der Waals surface area contributed by atoms with Crippen molar-refractivity contribution < 1.29 is 0 Å². The highest BCUT2D eigenvalue weighted by Gasteiger charge is 2.26. The second-order valence-corrected chi connectivity index (χ2v) is 17.0. The van der Waals surface area contributed by atoms with Crippen molar-refractivity contribution >= 4 is 70.0 Å². The molecular weight excluding hydrogens is 674 g/mol. The van der Waals surface area contributed by atoms with Crippen LogP contribution in [0.5, 0.6) is 0 Å². The van der Waals surface area contributed by atoms with Gasteiger partial charge in [0.25, 0.3) is 0 Å². The van der Waals surface area contributed by atoms with Crippen LogP contribution < -0.4 is 16.0 Å². The maximum absolute atomic E-state index is 6.44. The molecule has 0 aliphatic carbocycles. The van der Waals surface area contributed by atoms with Crippen molar-refractivity contribution in [2.75, 3.05) is 0 Å². The van der Waals surface area contributed by atoms with E-state index in [9.17, 15) is 0 Å². The molecule has 246 valence electrons. The number of aryl methyl sites for hydroxylation is 4. The molecule has 4 atom stereocenters. The minimum absolute atomic E-state index is 0.0505. The Labute approximate surface area is 299 Å². The first-order chi connectivity index (χ1) is 23.2. The van der Waals surface area contributed by atoms with E-state index in [0.717, 1.165) is 17.8 Å². The molecule has 3 N–H and O–H groups in total. The van der Waals surface area contributed by atoms with E-state index in [1.807, 2.05) is 35.1 Å². The topological polar surface area (TPSA) is 85.5 Å². The fraction of sp³-hybridized carbons (Fsp3) is 0.297. The van der Waals surface area contributed by atoms with E-state index in [-0.39, 0.29) is 18.1 Å². The fourth-order valence-electron chi connectivity index (χ4n) is 6.36. The molecule has 3 aromatic heterocycles. The van der Waals surface area contributed by atoms with E-state index < -0.39 is 0 Å². The molecule has 0 bridgehead atoms. The number of amidine groups is 1. The average molecular weight is 712 g/mol. The average Bonchev–Trinajstić information content (AvgIpc) is 3.75. The van der Waals surface area contributed by atoms with E-state index in [1.165, 1.54) is 51.5 Å². The van der Waals surface area contributed by atoms with Gasteiger partial charge in [0.05, 0.1) is 30.0 Å². The van der Waals surface area contributed by atoms with Crippen molar-refractivity contribution in [1.82, 2.24) is 16.0 Å². The van der Waals surface area contributed by atoms with Crippen LogP contribution in [0.25, 0.3) is 0 Å². The highest BCUT2D eigenvalue weighted by Crippen LogP contribution is 2.37. The maximum atomic E-state index is 6.44. The van der Waals surface area contributed by atoms with Gasteiger partial charge < -0.3 is 16.0 Å². The van der Waals surface area contributed by atoms with Crippen molar-refractivity contribution in [2.45, 2.75) is 65.7 Å². The number of nitrogens with zero attached hydrogens (tertiary/aromatic N) is 4. The van der Waals surface area contributed by atoms with Crippen LogP contribution >= 0.6 is 45.6 Å². The SMILES string of the molecule is Cc1cc(C2NC(=NCc3cc(C4C=CNC(c5ccc(Cc6cc(C7N=CNC=C7Cl)c(C)s6)cc5)=N4)c(C)s3)N=CC2C)c(C)s1. The Morgan fingerprint density at radius 1 is 0.896 bits per heavy atom. The smallest absolute Gasteiger partial charge is 0.218 e. The number of thiophene rings is 3. The van der Waals surface area contributed by atoms with Gasteiger partial charge in [-0.3, -0.25) is 9.98 Å². The minimum Gasteiger partial charge on any atom is -0.352 e. The third kappa shape index (κ3) is 6.98. The molecule has 0 saturated carbocycles. The first-order valence-corrected chi connectivity index (χ1v) is 18.9. The Morgan fingerprint density at radius 2 is 1.65 bits per heavy atom. The van der Waals surface area contributed by atoms with Gasteiger partial charge in [-0.05, 0) is 74.2 Å². The van der Waals surface area contributed by atoms with E-state index >= 15 is 0 Å². The summed E-state index contributed by atoms with van der Waals surface area (Å²) in [6.45, 7) is 11.5. The van der Waals surface area contributed by atoms with Gasteiger partial charge in [-0.25, -0.2) is 9.98 Å². The second kappa shape index (κ2) is 14.0. The lowest BCUT2D eigenvalue weighted by atomic mass is 9.95. The van der Waals surface area contributed by atoms with Gasteiger partial charge in [-0.2, -0.15) is 0 Å². The van der Waals surface area contributed by atoms with Crippen LogP contribution in [0.3, 0.4) is 0 Å². The highest BCUT2D eigenvalue weighted by atomic mass is 35.5. The van der Waals surface area contributed by atoms with E-state index in [0.29, 0.717) is 23.5 Å². The molecule has 0 fully saturated rings. The maximum Gasteiger partial charge on any atom is 0.218 e. The first-order valence-electron chi connectivity index (χ1n) is 16.1. The van der Waals surface area contributed by atoms with Gasteiger partial charge in [0.15, 0.2) is 0 Å². The predicted octanol–water partition coefficient (Wildman–Crippen LogP) is 8.96. The molecule has 4 aromatic rings. The molecule has 48 heavy (non-hydrogen) atoms. The first kappa shape index (κ1) is 32.7. The quantitative estimate of drug-likeness (QED) is 0.171. The van der Waals surface area contributed by atoms with Gasteiger partial charge in [-0.15, -0.1) is 34.0 Å². The Hall–Kier alpha value is -3.83. The van der Waals surface area contributed by atoms with Crippen LogP contribution in [-0.2, 0) is 13.0 Å². The molecule has 3 aliphatic heterocycles. The molecule has 4 unspecified atom stereocenters. The summed E-state index contributed by atoms with van der Waals surface area (Å²) < 4.78 is 0. The Balaban J connectivity index is 1.01. The summed E-state index contributed by atoms with van der Waals surface area (Å²) in [6.07, 6.45) is 10.5. The van der Waals surface area contributed by atoms with Crippen molar-refractivity contribution in [1.29, 1.82) is 0 Å². The Bertz CT molecular complexity index is 2010. The number of benzene rings is 1. The van der Waals surface area contributed by atoms with Crippen molar-refractivity contribution in [3.63, 3.8) is 0 Å². The number of guanidine groups is 1. The zero-order valence-corrected chi connectivity index (χ0v) is 30.7. The van der Waals surface area contributed by atoms with Crippen LogP contribution in [0.2, 0.25) is 0 Å². The number of halogens is 1. The summed E-state index contributed by atoms with van der Waals surface area (Å²) in [7, 11) is 0. The van der Waals surface area contributed by atoms with Crippen LogP contribution in [-0.4, -0.2) is 24.3 Å². The third-order valence-corrected chi connectivity index (χ3v) is 12.2. The second-order valence-electron chi connectivity index (χ2n) is 12.4. The predicted molar refractivity (Wildman–Crippen MR) is 206 cm³/mol. The Morgan fingerprint density at radius 3 is 2.42 bits per heavy atom.